The van der Waals surface area contributed by atoms with Crippen molar-refractivity contribution < 1.29 is 24.5 Å². The Labute approximate surface area is 112 Å². The molecular formula is C14H20O5. The van der Waals surface area contributed by atoms with E-state index in [-0.39, 0.29) is 19.4 Å². The quantitative estimate of drug-likeness (QED) is 0.684. The van der Waals surface area contributed by atoms with Crippen LogP contribution in [0.25, 0.3) is 0 Å². The van der Waals surface area contributed by atoms with Crippen molar-refractivity contribution in [2.45, 2.75) is 31.7 Å². The molecule has 0 amide bonds. The molecule has 5 nitrogen and oxygen atoms in total. The molecule has 0 radical (unpaired) electrons. The Bertz CT molecular complexity index is 365. The molecule has 0 saturated heterocycles. The first-order valence-corrected chi connectivity index (χ1v) is 6.16. The normalized spacial score (nSPS) is 13.8. The van der Waals surface area contributed by atoms with Gasteiger partial charge in [-0.1, -0.05) is 30.3 Å². The summed E-state index contributed by atoms with van der Waals surface area (Å²) in [6.45, 7) is 0.526. The largest absolute Gasteiger partial charge is 0.469 e. The lowest BCUT2D eigenvalue weighted by atomic mass is 10.1. The number of methoxy groups -OCH3 is 1. The molecule has 19 heavy (non-hydrogen) atoms. The molecule has 1 aromatic carbocycles. The van der Waals surface area contributed by atoms with Crippen LogP contribution in [0.2, 0.25) is 0 Å². The highest BCUT2D eigenvalue weighted by atomic mass is 16.5. The zero-order valence-electron chi connectivity index (χ0n) is 11.0. The second kappa shape index (κ2) is 8.63. The molecular weight excluding hydrogens is 248 g/mol. The van der Waals surface area contributed by atoms with Gasteiger partial charge in [0.15, 0.2) is 0 Å². The Morgan fingerprint density at radius 3 is 2.53 bits per heavy atom. The molecule has 0 saturated carbocycles. The summed E-state index contributed by atoms with van der Waals surface area (Å²) in [5.41, 5.74) is 1.02. The average Bonchev–Trinajstić information content (AvgIpc) is 2.39. The number of hydrogen-bond acceptors (Lipinski definition) is 5. The van der Waals surface area contributed by atoms with Crippen molar-refractivity contribution in [1.82, 2.24) is 0 Å². The maximum Gasteiger partial charge on any atom is 0.308 e. The van der Waals surface area contributed by atoms with E-state index in [2.05, 4.69) is 4.74 Å². The maximum absolute atomic E-state index is 10.9. The molecule has 0 aliphatic rings. The van der Waals surface area contributed by atoms with Crippen molar-refractivity contribution >= 4 is 5.97 Å². The summed E-state index contributed by atoms with van der Waals surface area (Å²) in [6, 6.07) is 9.60. The third-order valence-electron chi connectivity index (χ3n) is 2.60. The van der Waals surface area contributed by atoms with Gasteiger partial charge in [-0.05, 0) is 5.56 Å². The topological polar surface area (TPSA) is 76.0 Å². The van der Waals surface area contributed by atoms with E-state index < -0.39 is 18.2 Å². The van der Waals surface area contributed by atoms with E-state index >= 15 is 0 Å². The minimum absolute atomic E-state index is 0.0872. The second-order valence-electron chi connectivity index (χ2n) is 4.32. The molecule has 106 valence electrons. The van der Waals surface area contributed by atoms with E-state index in [1.165, 1.54) is 7.11 Å². The Hall–Kier alpha value is -1.43. The van der Waals surface area contributed by atoms with Crippen LogP contribution in [-0.4, -0.2) is 42.1 Å². The summed E-state index contributed by atoms with van der Waals surface area (Å²) in [5, 5.41) is 19.2. The summed E-state index contributed by atoms with van der Waals surface area (Å²) in [5.74, 6) is -0.495. The van der Waals surface area contributed by atoms with Gasteiger partial charge in [-0.3, -0.25) is 4.79 Å². The monoisotopic (exact) mass is 268 g/mol. The first-order chi connectivity index (χ1) is 9.11. The molecule has 0 spiro atoms. The zero-order valence-corrected chi connectivity index (χ0v) is 11.0. The first kappa shape index (κ1) is 15.6. The summed E-state index contributed by atoms with van der Waals surface area (Å²) in [7, 11) is 1.26. The van der Waals surface area contributed by atoms with Crippen molar-refractivity contribution in [3.05, 3.63) is 35.9 Å². The molecule has 0 heterocycles. The van der Waals surface area contributed by atoms with E-state index in [1.54, 1.807) is 0 Å². The van der Waals surface area contributed by atoms with Crippen molar-refractivity contribution in [3.8, 4) is 0 Å². The van der Waals surface area contributed by atoms with Gasteiger partial charge in [-0.15, -0.1) is 0 Å². The van der Waals surface area contributed by atoms with E-state index in [9.17, 15) is 15.0 Å². The minimum atomic E-state index is -0.914. The molecule has 0 unspecified atom stereocenters. The number of carbonyl (C=O) groups excluding carboxylic acids is 1. The van der Waals surface area contributed by atoms with Crippen LogP contribution in [0.4, 0.5) is 0 Å². The molecule has 1 rings (SSSR count). The number of benzene rings is 1. The van der Waals surface area contributed by atoms with E-state index in [1.807, 2.05) is 30.3 Å². The van der Waals surface area contributed by atoms with E-state index in [4.69, 9.17) is 4.74 Å². The standard InChI is InChI=1S/C14H20O5/c1-18-14(17)8-12(15)7-13(16)10-19-9-11-5-3-2-4-6-11/h2-6,12-13,15-16H,7-10H2,1H3/t12-,13-/m1/s1. The summed E-state index contributed by atoms with van der Waals surface area (Å²) in [6.07, 6.45) is -1.75. The molecule has 1 aromatic rings. The van der Waals surface area contributed by atoms with Gasteiger partial charge in [-0.2, -0.15) is 0 Å². The number of ether oxygens (including phenoxy) is 2. The fourth-order valence-corrected chi connectivity index (χ4v) is 1.63. The third kappa shape index (κ3) is 6.91. The Morgan fingerprint density at radius 2 is 1.89 bits per heavy atom. The lowest BCUT2D eigenvalue weighted by Gasteiger charge is -2.15. The smallest absolute Gasteiger partial charge is 0.308 e. The number of aliphatic hydroxyl groups excluding tert-OH is 2. The lowest BCUT2D eigenvalue weighted by Crippen LogP contribution is -2.24. The molecule has 2 atom stereocenters. The highest BCUT2D eigenvalue weighted by molar-refractivity contribution is 5.69. The number of hydrogen-bond donors (Lipinski definition) is 2. The van der Waals surface area contributed by atoms with Crippen LogP contribution in [-0.2, 0) is 20.9 Å². The maximum atomic E-state index is 10.9. The van der Waals surface area contributed by atoms with Crippen molar-refractivity contribution in [2.75, 3.05) is 13.7 Å². The van der Waals surface area contributed by atoms with Crippen molar-refractivity contribution in [1.29, 1.82) is 0 Å². The highest BCUT2D eigenvalue weighted by Gasteiger charge is 2.16. The van der Waals surface area contributed by atoms with Crippen LogP contribution < -0.4 is 0 Å². The highest BCUT2D eigenvalue weighted by Crippen LogP contribution is 2.06. The van der Waals surface area contributed by atoms with Gasteiger partial charge in [0.25, 0.3) is 0 Å². The number of carbonyl (C=O) groups is 1. The van der Waals surface area contributed by atoms with Crippen LogP contribution in [0, 0.1) is 0 Å². The van der Waals surface area contributed by atoms with Gasteiger partial charge in [0.2, 0.25) is 0 Å². The Balaban J connectivity index is 2.17. The van der Waals surface area contributed by atoms with Gasteiger partial charge in [-0.25, -0.2) is 0 Å². The lowest BCUT2D eigenvalue weighted by molar-refractivity contribution is -0.143. The van der Waals surface area contributed by atoms with Crippen molar-refractivity contribution in [3.63, 3.8) is 0 Å². The molecule has 0 aliphatic heterocycles. The molecule has 0 aliphatic carbocycles. The van der Waals surface area contributed by atoms with Crippen LogP contribution in [0.15, 0.2) is 30.3 Å². The fourth-order valence-electron chi connectivity index (χ4n) is 1.63. The van der Waals surface area contributed by atoms with Crippen LogP contribution >= 0.6 is 0 Å². The first-order valence-electron chi connectivity index (χ1n) is 6.16. The summed E-state index contributed by atoms with van der Waals surface area (Å²) in [4.78, 5) is 10.9. The van der Waals surface area contributed by atoms with Crippen LogP contribution in [0.5, 0.6) is 0 Å². The average molecular weight is 268 g/mol. The summed E-state index contributed by atoms with van der Waals surface area (Å²) < 4.78 is 9.77. The second-order valence-corrected chi connectivity index (χ2v) is 4.32. The van der Waals surface area contributed by atoms with Crippen LogP contribution in [0.1, 0.15) is 18.4 Å². The van der Waals surface area contributed by atoms with Gasteiger partial charge in [0.05, 0.1) is 39.0 Å². The fraction of sp³-hybridized carbons (Fsp3) is 0.500. The molecule has 0 aromatic heterocycles. The molecule has 0 fully saturated rings. The van der Waals surface area contributed by atoms with Crippen LogP contribution in [0.3, 0.4) is 0 Å². The number of esters is 1. The van der Waals surface area contributed by atoms with E-state index in [0.29, 0.717) is 6.61 Å². The number of rotatable bonds is 8. The zero-order chi connectivity index (χ0) is 14.1. The predicted octanol–water partition coefficient (Wildman–Crippen LogP) is 0.878. The Morgan fingerprint density at radius 1 is 1.21 bits per heavy atom. The van der Waals surface area contributed by atoms with Crippen molar-refractivity contribution in [2.24, 2.45) is 0 Å². The molecule has 0 bridgehead atoms. The van der Waals surface area contributed by atoms with Gasteiger partial charge >= 0.3 is 5.97 Å². The summed E-state index contributed by atoms with van der Waals surface area (Å²) >= 11 is 0. The Kier molecular flexibility index (Phi) is 7.10. The van der Waals surface area contributed by atoms with Gasteiger partial charge in [0.1, 0.15) is 0 Å². The van der Waals surface area contributed by atoms with E-state index in [0.717, 1.165) is 5.56 Å². The molecule has 5 heteroatoms. The minimum Gasteiger partial charge on any atom is -0.469 e. The third-order valence-corrected chi connectivity index (χ3v) is 2.60. The van der Waals surface area contributed by atoms with Gasteiger partial charge < -0.3 is 19.7 Å². The number of aliphatic hydroxyl groups is 2. The molecule has 2 N–H and O–H groups in total. The SMILES string of the molecule is COC(=O)C[C@H](O)C[C@@H](O)COCc1ccccc1. The van der Waals surface area contributed by atoms with Gasteiger partial charge in [0, 0.05) is 6.42 Å². The predicted molar refractivity (Wildman–Crippen MR) is 69.4 cm³/mol.